The average Bonchev–Trinajstić information content (AvgIpc) is 2.62. The van der Waals surface area contributed by atoms with Crippen LogP contribution in [0.1, 0.15) is 19.8 Å². The number of methoxy groups -OCH3 is 1. The van der Waals surface area contributed by atoms with E-state index in [4.69, 9.17) is 4.74 Å². The van der Waals surface area contributed by atoms with Crippen molar-refractivity contribution in [3.05, 3.63) is 46.5 Å². The Balaban J connectivity index is 2.41. The number of nitrogens with zero attached hydrogens (tertiary/aromatic N) is 3. The Kier molecular flexibility index (Phi) is 4.67. The van der Waals surface area contributed by atoms with Crippen molar-refractivity contribution in [1.82, 2.24) is 4.98 Å². The molecule has 0 saturated heterocycles. The smallest absolute Gasteiger partial charge is 0.280 e. The number of ether oxygens (including phenoxy) is 1. The molecule has 0 atom stereocenters. The number of pyridine rings is 1. The number of hydrogen-bond acceptors (Lipinski definition) is 6. The number of anilines is 1. The van der Waals surface area contributed by atoms with Gasteiger partial charge < -0.3 is 4.74 Å². The zero-order chi connectivity index (χ0) is 18.0. The van der Waals surface area contributed by atoms with Crippen LogP contribution in [0.4, 0.5) is 11.4 Å². The van der Waals surface area contributed by atoms with E-state index in [0.29, 0.717) is 39.8 Å². The summed E-state index contributed by atoms with van der Waals surface area (Å²) in [5.41, 5.74) is 1.41. The van der Waals surface area contributed by atoms with Crippen molar-refractivity contribution in [1.29, 1.82) is 0 Å². The highest BCUT2D eigenvalue weighted by Gasteiger charge is 2.22. The van der Waals surface area contributed by atoms with Gasteiger partial charge in [-0.2, -0.15) is 0 Å². The van der Waals surface area contributed by atoms with Crippen molar-refractivity contribution in [2.45, 2.75) is 19.8 Å². The van der Waals surface area contributed by atoms with Crippen LogP contribution in [-0.4, -0.2) is 28.8 Å². The Morgan fingerprint density at radius 2 is 2.08 bits per heavy atom. The van der Waals surface area contributed by atoms with E-state index in [2.05, 4.69) is 4.98 Å². The van der Waals surface area contributed by atoms with Crippen molar-refractivity contribution >= 4 is 33.2 Å². The molecule has 0 amide bonds. The van der Waals surface area contributed by atoms with Gasteiger partial charge in [-0.05, 0) is 30.7 Å². The lowest BCUT2D eigenvalue weighted by Gasteiger charge is -2.21. The van der Waals surface area contributed by atoms with Crippen molar-refractivity contribution in [2.75, 3.05) is 18.7 Å². The highest BCUT2D eigenvalue weighted by atomic mass is 16.6. The molecule has 130 valence electrons. The lowest BCUT2D eigenvalue weighted by molar-refractivity contribution is -0.383. The maximum Gasteiger partial charge on any atom is 0.280 e. The van der Waals surface area contributed by atoms with E-state index in [9.17, 15) is 15.3 Å². The normalized spacial score (nSPS) is 11.0. The molecule has 3 rings (SSSR count). The van der Waals surface area contributed by atoms with Gasteiger partial charge in [0.05, 0.1) is 28.8 Å². The molecule has 25 heavy (non-hydrogen) atoms. The minimum Gasteiger partial charge on any atom is -0.497 e. The molecule has 0 aliphatic heterocycles. The highest BCUT2D eigenvalue weighted by molar-refractivity contribution is 6.11. The molecule has 1 heterocycles. The Morgan fingerprint density at radius 1 is 1.28 bits per heavy atom. The fraction of sp³-hybridized carbons (Fsp3) is 0.278. The van der Waals surface area contributed by atoms with Gasteiger partial charge in [0.1, 0.15) is 11.1 Å². The van der Waals surface area contributed by atoms with E-state index in [1.165, 1.54) is 6.07 Å². The van der Waals surface area contributed by atoms with Gasteiger partial charge in [-0.25, -0.2) is 4.98 Å². The molecule has 7 heteroatoms. The molecule has 7 nitrogen and oxygen atoms in total. The first-order chi connectivity index (χ1) is 12.1. The third-order valence-electron chi connectivity index (χ3n) is 4.14. The first kappa shape index (κ1) is 16.9. The van der Waals surface area contributed by atoms with Crippen LogP contribution in [0.5, 0.6) is 5.75 Å². The number of nitro groups is 1. The monoisotopic (exact) mass is 341 g/mol. The number of fused-ring (bicyclic) bond motifs is 2. The number of rotatable bonds is 6. The molecule has 3 aromatic rings. The molecule has 0 saturated carbocycles. The molecular weight excluding hydrogens is 322 g/mol. The van der Waals surface area contributed by atoms with Gasteiger partial charge in [0.15, 0.2) is 0 Å². The lowest BCUT2D eigenvalue weighted by Crippen LogP contribution is -2.20. The first-order valence-electron chi connectivity index (χ1n) is 8.08. The number of unbranched alkanes of at least 4 members (excludes halogenated alkanes) is 1. The van der Waals surface area contributed by atoms with Crippen LogP contribution < -0.4 is 9.80 Å². The van der Waals surface area contributed by atoms with Crippen molar-refractivity contribution in [3.63, 3.8) is 0 Å². The number of benzene rings is 2. The number of aromatic nitrogens is 1. The predicted molar refractivity (Wildman–Crippen MR) is 96.5 cm³/mol. The van der Waals surface area contributed by atoms with E-state index in [1.54, 1.807) is 37.4 Å². The summed E-state index contributed by atoms with van der Waals surface area (Å²) in [5.74, 6) is 0.595. The molecule has 0 aliphatic rings. The Bertz CT molecular complexity index is 942. The second-order valence-electron chi connectivity index (χ2n) is 5.75. The van der Waals surface area contributed by atoms with E-state index in [1.807, 2.05) is 6.92 Å². The molecule has 2 aromatic carbocycles. The summed E-state index contributed by atoms with van der Waals surface area (Å²) >= 11 is 0. The molecule has 0 radical (unpaired) electrons. The summed E-state index contributed by atoms with van der Waals surface area (Å²) in [7, 11) is 1.55. The summed E-state index contributed by atoms with van der Waals surface area (Å²) < 4.78 is 5.27. The van der Waals surface area contributed by atoms with Gasteiger partial charge >= 0.3 is 0 Å². The van der Waals surface area contributed by atoms with Crippen molar-refractivity contribution in [3.8, 4) is 5.75 Å². The van der Waals surface area contributed by atoms with E-state index >= 15 is 0 Å². The quantitative estimate of drug-likeness (QED) is 0.408. The summed E-state index contributed by atoms with van der Waals surface area (Å²) in [6, 6.07) is 10.0. The molecule has 0 spiro atoms. The largest absolute Gasteiger partial charge is 0.497 e. The molecule has 0 unspecified atom stereocenters. The molecule has 0 aliphatic carbocycles. The fourth-order valence-corrected chi connectivity index (χ4v) is 2.90. The van der Waals surface area contributed by atoms with Crippen LogP contribution >= 0.6 is 0 Å². The molecule has 1 aromatic heterocycles. The summed E-state index contributed by atoms with van der Waals surface area (Å²) in [6.07, 6.45) is 1.65. The maximum atomic E-state index is 11.5. The van der Waals surface area contributed by atoms with Gasteiger partial charge in [0, 0.05) is 18.0 Å². The van der Waals surface area contributed by atoms with Crippen LogP contribution in [0.2, 0.25) is 0 Å². The van der Waals surface area contributed by atoms with Crippen LogP contribution in [0, 0.1) is 10.1 Å². The standard InChI is InChI=1S/C18H19N3O4/c1-3-4-10-20(22)18-13-11-12(25-2)8-9-14(13)19-15-6-5-7-16(17(15)18)21(23)24/h5-9,11,22H,3-4,10H2,1-2H3. The van der Waals surface area contributed by atoms with Crippen LogP contribution in [0.3, 0.4) is 0 Å². The average molecular weight is 341 g/mol. The molecule has 1 N–H and O–H groups in total. The third-order valence-corrected chi connectivity index (χ3v) is 4.14. The zero-order valence-corrected chi connectivity index (χ0v) is 14.1. The lowest BCUT2D eigenvalue weighted by atomic mass is 10.1. The van der Waals surface area contributed by atoms with Crippen LogP contribution in [0.25, 0.3) is 21.8 Å². The second-order valence-corrected chi connectivity index (χ2v) is 5.75. The van der Waals surface area contributed by atoms with Crippen molar-refractivity contribution < 1.29 is 14.9 Å². The van der Waals surface area contributed by atoms with E-state index in [-0.39, 0.29) is 5.69 Å². The number of nitro benzene ring substituents is 1. The van der Waals surface area contributed by atoms with Gasteiger partial charge in [0.25, 0.3) is 5.69 Å². The number of non-ortho nitro benzene ring substituents is 1. The number of hydroxylamine groups is 1. The highest BCUT2D eigenvalue weighted by Crippen LogP contribution is 2.39. The molecule has 0 fully saturated rings. The Hall–Kier alpha value is -2.93. The van der Waals surface area contributed by atoms with Gasteiger partial charge in [-0.3, -0.25) is 20.4 Å². The number of hydrogen-bond donors (Lipinski definition) is 1. The molecular formula is C18H19N3O4. The molecule has 0 bridgehead atoms. The fourth-order valence-electron chi connectivity index (χ4n) is 2.90. The van der Waals surface area contributed by atoms with E-state index < -0.39 is 4.92 Å². The minimum atomic E-state index is -0.451. The van der Waals surface area contributed by atoms with Gasteiger partial charge in [-0.1, -0.05) is 19.4 Å². The predicted octanol–water partition coefficient (Wildman–Crippen LogP) is 4.30. The van der Waals surface area contributed by atoms with E-state index in [0.717, 1.165) is 17.9 Å². The summed E-state index contributed by atoms with van der Waals surface area (Å²) in [4.78, 5) is 15.6. The van der Waals surface area contributed by atoms with Crippen LogP contribution in [0.15, 0.2) is 36.4 Å². The Labute approximate surface area is 144 Å². The van der Waals surface area contributed by atoms with Crippen LogP contribution in [-0.2, 0) is 0 Å². The van der Waals surface area contributed by atoms with Gasteiger partial charge in [0.2, 0.25) is 0 Å². The summed E-state index contributed by atoms with van der Waals surface area (Å²) in [5, 5.41) is 24.2. The third kappa shape index (κ3) is 3.06. The first-order valence-corrected chi connectivity index (χ1v) is 8.08. The summed E-state index contributed by atoms with van der Waals surface area (Å²) in [6.45, 7) is 2.38. The minimum absolute atomic E-state index is 0.0831. The Morgan fingerprint density at radius 3 is 2.76 bits per heavy atom. The zero-order valence-electron chi connectivity index (χ0n) is 14.1. The SMILES string of the molecule is CCCCN(O)c1c2cc(OC)ccc2nc2cccc([N+](=O)[O-])c12. The second kappa shape index (κ2) is 6.90. The maximum absolute atomic E-state index is 11.5. The van der Waals surface area contributed by atoms with Crippen molar-refractivity contribution in [2.24, 2.45) is 0 Å². The topological polar surface area (TPSA) is 88.7 Å². The van der Waals surface area contributed by atoms with Gasteiger partial charge in [-0.15, -0.1) is 0 Å².